The Labute approximate surface area is 176 Å². The summed E-state index contributed by atoms with van der Waals surface area (Å²) in [6.07, 6.45) is 0.895. The van der Waals surface area contributed by atoms with Crippen molar-refractivity contribution in [2.45, 2.75) is 32.4 Å². The van der Waals surface area contributed by atoms with Gasteiger partial charge < -0.3 is 24.4 Å². The van der Waals surface area contributed by atoms with E-state index in [1.165, 1.54) is 6.92 Å². The van der Waals surface area contributed by atoms with Gasteiger partial charge in [0.25, 0.3) is 0 Å². The second kappa shape index (κ2) is 8.54. The molecule has 0 aromatic heterocycles. The summed E-state index contributed by atoms with van der Waals surface area (Å²) >= 11 is 0. The van der Waals surface area contributed by atoms with Crippen molar-refractivity contribution in [2.24, 2.45) is 0 Å². The molecule has 0 spiro atoms. The molecule has 2 atom stereocenters. The van der Waals surface area contributed by atoms with E-state index in [0.717, 1.165) is 30.0 Å². The zero-order valence-corrected chi connectivity index (χ0v) is 17.2. The van der Waals surface area contributed by atoms with E-state index in [0.29, 0.717) is 36.8 Å². The molecule has 156 valence electrons. The van der Waals surface area contributed by atoms with Crippen LogP contribution in [0, 0.1) is 11.3 Å². The molecule has 4 rings (SSSR count). The molecule has 0 bridgehead atoms. The normalized spacial score (nSPS) is 18.4. The second-order valence-electron chi connectivity index (χ2n) is 7.59. The van der Waals surface area contributed by atoms with E-state index < -0.39 is 0 Å². The number of anilines is 1. The lowest BCUT2D eigenvalue weighted by Gasteiger charge is -2.24. The molecule has 1 amide bonds. The molecule has 2 aliphatic rings. The Morgan fingerprint density at radius 1 is 1.23 bits per heavy atom. The number of hydrogen-bond donors (Lipinski definition) is 1. The number of ether oxygens (including phenoxy) is 3. The molecule has 2 aliphatic heterocycles. The minimum atomic E-state index is -0.0512. The fourth-order valence-corrected chi connectivity index (χ4v) is 3.89. The number of carbonyl (C=O) groups excluding carboxylic acids is 1. The maximum Gasteiger partial charge on any atom is 0.217 e. The monoisotopic (exact) mass is 407 g/mol. The lowest BCUT2D eigenvalue weighted by Crippen LogP contribution is -2.26. The third-order valence-corrected chi connectivity index (χ3v) is 5.37. The molecule has 0 aliphatic carbocycles. The lowest BCUT2D eigenvalue weighted by atomic mass is 10.1. The number of nitrogens with zero attached hydrogens (tertiary/aromatic N) is 2. The van der Waals surface area contributed by atoms with E-state index in [1.807, 2.05) is 37.3 Å². The van der Waals surface area contributed by atoms with Crippen LogP contribution in [0.5, 0.6) is 17.2 Å². The Morgan fingerprint density at radius 2 is 1.93 bits per heavy atom. The first-order chi connectivity index (χ1) is 14.5. The summed E-state index contributed by atoms with van der Waals surface area (Å²) in [7, 11) is 0. The van der Waals surface area contributed by atoms with Crippen LogP contribution >= 0.6 is 0 Å². The predicted octanol–water partition coefficient (Wildman–Crippen LogP) is 3.18. The van der Waals surface area contributed by atoms with Crippen molar-refractivity contribution in [3.05, 3.63) is 47.5 Å². The lowest BCUT2D eigenvalue weighted by molar-refractivity contribution is -0.119. The molecular weight excluding hydrogens is 382 g/mol. The smallest absolute Gasteiger partial charge is 0.217 e. The Morgan fingerprint density at radius 3 is 2.60 bits per heavy atom. The highest BCUT2D eigenvalue weighted by molar-refractivity contribution is 5.73. The second-order valence-corrected chi connectivity index (χ2v) is 7.59. The third-order valence-electron chi connectivity index (χ3n) is 5.37. The molecule has 0 saturated carbocycles. The SMILES string of the molecule is CC(=O)NC(C)c1ccc(OC2CCN(c3cc4c(cc3C#N)OCCO4)C2)cc1. The highest BCUT2D eigenvalue weighted by atomic mass is 16.6. The van der Waals surface area contributed by atoms with Gasteiger partial charge in [-0.25, -0.2) is 0 Å². The minimum Gasteiger partial charge on any atom is -0.489 e. The van der Waals surface area contributed by atoms with Gasteiger partial charge in [0, 0.05) is 32.0 Å². The van der Waals surface area contributed by atoms with Crippen LogP contribution in [0.4, 0.5) is 5.69 Å². The molecule has 7 nitrogen and oxygen atoms in total. The summed E-state index contributed by atoms with van der Waals surface area (Å²) < 4.78 is 17.4. The summed E-state index contributed by atoms with van der Waals surface area (Å²) in [4.78, 5) is 13.4. The molecule has 2 aromatic carbocycles. The summed E-state index contributed by atoms with van der Waals surface area (Å²) in [5, 5.41) is 12.5. The quantitative estimate of drug-likeness (QED) is 0.820. The zero-order chi connectivity index (χ0) is 21.1. The summed E-state index contributed by atoms with van der Waals surface area (Å²) in [6, 6.07) is 13.7. The maximum atomic E-state index is 11.2. The van der Waals surface area contributed by atoms with Crippen LogP contribution < -0.4 is 24.4 Å². The van der Waals surface area contributed by atoms with Crippen LogP contribution in [0.1, 0.15) is 37.4 Å². The number of nitrogens with one attached hydrogen (secondary N) is 1. The molecule has 30 heavy (non-hydrogen) atoms. The van der Waals surface area contributed by atoms with Crippen molar-refractivity contribution in [1.29, 1.82) is 5.26 Å². The zero-order valence-electron chi connectivity index (χ0n) is 17.2. The van der Waals surface area contributed by atoms with Crippen LogP contribution in [-0.4, -0.2) is 38.3 Å². The predicted molar refractivity (Wildman–Crippen MR) is 112 cm³/mol. The van der Waals surface area contributed by atoms with Gasteiger partial charge in [0.2, 0.25) is 5.91 Å². The number of hydrogen-bond acceptors (Lipinski definition) is 6. The fraction of sp³-hybridized carbons (Fsp3) is 0.391. The Bertz CT molecular complexity index is 968. The van der Waals surface area contributed by atoms with Gasteiger partial charge >= 0.3 is 0 Å². The van der Waals surface area contributed by atoms with E-state index in [9.17, 15) is 10.1 Å². The van der Waals surface area contributed by atoms with Gasteiger partial charge in [-0.3, -0.25) is 4.79 Å². The van der Waals surface area contributed by atoms with Crippen molar-refractivity contribution in [3.8, 4) is 23.3 Å². The summed E-state index contributed by atoms with van der Waals surface area (Å²) in [5.74, 6) is 2.05. The van der Waals surface area contributed by atoms with Crippen molar-refractivity contribution >= 4 is 11.6 Å². The van der Waals surface area contributed by atoms with Crippen LogP contribution in [-0.2, 0) is 4.79 Å². The van der Waals surface area contributed by atoms with Crippen LogP contribution in [0.15, 0.2) is 36.4 Å². The van der Waals surface area contributed by atoms with E-state index in [-0.39, 0.29) is 18.1 Å². The number of nitriles is 1. The topological polar surface area (TPSA) is 83.8 Å². The molecule has 2 heterocycles. The standard InChI is InChI=1S/C23H25N3O4/c1-15(25-16(2)27)17-3-5-19(6-4-17)30-20-7-8-26(14-20)21-12-23-22(11-18(21)13-24)28-9-10-29-23/h3-6,11-12,15,20H,7-10,14H2,1-2H3,(H,25,27). The van der Waals surface area contributed by atoms with Crippen LogP contribution in [0.3, 0.4) is 0 Å². The number of carbonyl (C=O) groups is 1. The molecule has 1 saturated heterocycles. The molecule has 0 radical (unpaired) electrons. The van der Waals surface area contributed by atoms with E-state index in [1.54, 1.807) is 6.07 Å². The van der Waals surface area contributed by atoms with Crippen molar-refractivity contribution in [3.63, 3.8) is 0 Å². The average Bonchev–Trinajstić information content (AvgIpc) is 3.21. The Balaban J connectivity index is 1.42. The number of rotatable bonds is 5. The number of benzene rings is 2. The Kier molecular flexibility index (Phi) is 5.66. The number of amides is 1. The molecule has 1 fully saturated rings. The molecule has 2 unspecified atom stereocenters. The summed E-state index contributed by atoms with van der Waals surface area (Å²) in [5.41, 5.74) is 2.46. The number of fused-ring (bicyclic) bond motifs is 1. The minimum absolute atomic E-state index is 0.0309. The first-order valence-electron chi connectivity index (χ1n) is 10.2. The molecular formula is C23H25N3O4. The van der Waals surface area contributed by atoms with Crippen molar-refractivity contribution < 1.29 is 19.0 Å². The molecule has 2 aromatic rings. The van der Waals surface area contributed by atoms with Crippen LogP contribution in [0.25, 0.3) is 0 Å². The Hall–Kier alpha value is -3.40. The largest absolute Gasteiger partial charge is 0.489 e. The van der Waals surface area contributed by atoms with Gasteiger partial charge in [-0.05, 0) is 24.6 Å². The molecule has 1 N–H and O–H groups in total. The van der Waals surface area contributed by atoms with Crippen LogP contribution in [0.2, 0.25) is 0 Å². The third kappa shape index (κ3) is 4.28. The maximum absolute atomic E-state index is 11.2. The van der Waals surface area contributed by atoms with Crippen molar-refractivity contribution in [1.82, 2.24) is 5.32 Å². The van der Waals surface area contributed by atoms with E-state index in [4.69, 9.17) is 14.2 Å². The van der Waals surface area contributed by atoms with Gasteiger partial charge in [-0.15, -0.1) is 0 Å². The van der Waals surface area contributed by atoms with Gasteiger partial charge in [-0.2, -0.15) is 5.26 Å². The highest BCUT2D eigenvalue weighted by Gasteiger charge is 2.28. The average molecular weight is 407 g/mol. The highest BCUT2D eigenvalue weighted by Crippen LogP contribution is 2.38. The fourth-order valence-electron chi connectivity index (χ4n) is 3.89. The van der Waals surface area contributed by atoms with Crippen molar-refractivity contribution in [2.75, 3.05) is 31.2 Å². The van der Waals surface area contributed by atoms with Gasteiger partial charge in [0.1, 0.15) is 31.1 Å². The summed E-state index contributed by atoms with van der Waals surface area (Å²) in [6.45, 7) is 5.97. The first kappa shape index (κ1) is 19.9. The molecule has 7 heteroatoms. The van der Waals surface area contributed by atoms with E-state index in [2.05, 4.69) is 16.3 Å². The van der Waals surface area contributed by atoms with Gasteiger partial charge in [0.05, 0.1) is 23.8 Å². The van der Waals surface area contributed by atoms with Gasteiger partial charge in [-0.1, -0.05) is 12.1 Å². The van der Waals surface area contributed by atoms with E-state index >= 15 is 0 Å². The first-order valence-corrected chi connectivity index (χ1v) is 10.2. The van der Waals surface area contributed by atoms with Gasteiger partial charge in [0.15, 0.2) is 11.5 Å².